The maximum absolute atomic E-state index is 12.4. The maximum atomic E-state index is 12.4. The number of thiophene rings is 1. The third kappa shape index (κ3) is 4.91. The van der Waals surface area contributed by atoms with Gasteiger partial charge in [-0.2, -0.15) is 0 Å². The number of amides is 1. The van der Waals surface area contributed by atoms with Gasteiger partial charge in [0.05, 0.1) is 10.4 Å². The zero-order valence-electron chi connectivity index (χ0n) is 15.2. The first-order valence-corrected chi connectivity index (χ1v) is 10.7. The Balaban J connectivity index is 2.08. The highest BCUT2D eigenvalue weighted by Gasteiger charge is 2.29. The van der Waals surface area contributed by atoms with Crippen LogP contribution in [0.4, 0.5) is 0 Å². The van der Waals surface area contributed by atoms with Crippen molar-refractivity contribution >= 4 is 27.3 Å². The lowest BCUT2D eigenvalue weighted by molar-refractivity contribution is 0.0883. The van der Waals surface area contributed by atoms with Crippen molar-refractivity contribution in [2.45, 2.75) is 37.8 Å². The van der Waals surface area contributed by atoms with Gasteiger partial charge in [-0.3, -0.25) is 4.79 Å². The van der Waals surface area contributed by atoms with Gasteiger partial charge in [-0.15, -0.1) is 11.3 Å². The van der Waals surface area contributed by atoms with Gasteiger partial charge in [0.2, 0.25) is 10.0 Å². The molecule has 8 heteroatoms. The summed E-state index contributed by atoms with van der Waals surface area (Å²) in [4.78, 5) is 13.5. The normalized spacial score (nSPS) is 14.2. The van der Waals surface area contributed by atoms with Crippen LogP contribution in [-0.2, 0) is 16.6 Å². The Morgan fingerprint density at radius 1 is 1.23 bits per heavy atom. The van der Waals surface area contributed by atoms with Crippen molar-refractivity contribution in [1.29, 1.82) is 0 Å². The number of nitrogens with two attached hydrogens (primary N) is 1. The topological polar surface area (TPSA) is 101 Å². The first kappa shape index (κ1) is 20.6. The van der Waals surface area contributed by atoms with Crippen LogP contribution in [0.25, 0.3) is 0 Å². The summed E-state index contributed by atoms with van der Waals surface area (Å²) in [5, 5.41) is 4.83. The summed E-state index contributed by atoms with van der Waals surface area (Å²) in [6.45, 7) is 6.42. The average molecular weight is 396 g/mol. The summed E-state index contributed by atoms with van der Waals surface area (Å²) in [6, 6.07) is 9.61. The van der Waals surface area contributed by atoms with Gasteiger partial charge in [0.25, 0.3) is 5.91 Å². The van der Waals surface area contributed by atoms with Crippen LogP contribution < -0.4 is 15.8 Å². The first-order chi connectivity index (χ1) is 12.2. The molecule has 1 amide bonds. The Morgan fingerprint density at radius 3 is 2.38 bits per heavy atom. The van der Waals surface area contributed by atoms with Crippen LogP contribution in [0.2, 0.25) is 0 Å². The van der Waals surface area contributed by atoms with Crippen LogP contribution >= 0.6 is 11.3 Å². The van der Waals surface area contributed by atoms with Crippen LogP contribution in [0.5, 0.6) is 0 Å². The molecule has 0 spiro atoms. The standard InChI is InChI=1S/C18H25N3O3S2/c1-13(2)18(3,12-19)21-17(22)14-6-8-16(9-7-14)26(23,24)20-11-15-5-4-10-25-15/h4-10,13,20H,11-12,19H2,1-3H3,(H,21,22). The van der Waals surface area contributed by atoms with E-state index in [1.807, 2.05) is 38.3 Å². The molecule has 4 N–H and O–H groups in total. The molecule has 0 radical (unpaired) electrons. The van der Waals surface area contributed by atoms with Gasteiger partial charge in [0, 0.05) is 23.5 Å². The molecule has 6 nitrogen and oxygen atoms in total. The van der Waals surface area contributed by atoms with E-state index in [0.717, 1.165) is 4.88 Å². The summed E-state index contributed by atoms with van der Waals surface area (Å²) in [6.07, 6.45) is 0. The molecule has 1 unspecified atom stereocenters. The van der Waals surface area contributed by atoms with E-state index in [4.69, 9.17) is 5.73 Å². The Kier molecular flexibility index (Phi) is 6.57. The van der Waals surface area contributed by atoms with E-state index in [9.17, 15) is 13.2 Å². The van der Waals surface area contributed by atoms with E-state index >= 15 is 0 Å². The van der Waals surface area contributed by atoms with Crippen LogP contribution in [0.3, 0.4) is 0 Å². The Bertz CT molecular complexity index is 831. The molecule has 2 rings (SSSR count). The fraction of sp³-hybridized carbons (Fsp3) is 0.389. The van der Waals surface area contributed by atoms with Crippen molar-refractivity contribution in [3.8, 4) is 0 Å². The summed E-state index contributed by atoms with van der Waals surface area (Å²) in [5.41, 5.74) is 5.66. The Labute approximate surface area is 158 Å². The molecule has 0 saturated carbocycles. The Hall–Kier alpha value is -1.74. The lowest BCUT2D eigenvalue weighted by Gasteiger charge is -2.33. The van der Waals surface area contributed by atoms with Gasteiger partial charge < -0.3 is 11.1 Å². The van der Waals surface area contributed by atoms with Gasteiger partial charge in [-0.25, -0.2) is 13.1 Å². The highest BCUT2D eigenvalue weighted by molar-refractivity contribution is 7.89. The lowest BCUT2D eigenvalue weighted by Crippen LogP contribution is -2.55. The number of rotatable bonds is 8. The minimum absolute atomic E-state index is 0.121. The smallest absolute Gasteiger partial charge is 0.251 e. The van der Waals surface area contributed by atoms with E-state index < -0.39 is 15.6 Å². The van der Waals surface area contributed by atoms with Crippen LogP contribution in [0.1, 0.15) is 36.0 Å². The number of nitrogens with one attached hydrogen (secondary N) is 2. The molecule has 0 saturated heterocycles. The number of hydrogen-bond donors (Lipinski definition) is 3. The largest absolute Gasteiger partial charge is 0.345 e. The third-order valence-electron chi connectivity index (χ3n) is 4.54. The Morgan fingerprint density at radius 2 is 1.88 bits per heavy atom. The molecule has 142 valence electrons. The summed E-state index contributed by atoms with van der Waals surface area (Å²) in [7, 11) is -3.63. The van der Waals surface area contributed by atoms with Crippen molar-refractivity contribution in [3.05, 3.63) is 52.2 Å². The second-order valence-electron chi connectivity index (χ2n) is 6.66. The lowest BCUT2D eigenvalue weighted by atomic mass is 9.88. The average Bonchev–Trinajstić information content (AvgIpc) is 3.13. The second-order valence-corrected chi connectivity index (χ2v) is 9.46. The van der Waals surface area contributed by atoms with Crippen molar-refractivity contribution in [2.24, 2.45) is 11.7 Å². The zero-order chi connectivity index (χ0) is 19.4. The number of carbonyl (C=O) groups excluding carboxylic acids is 1. The highest BCUT2D eigenvalue weighted by atomic mass is 32.2. The molecule has 2 aromatic rings. The quantitative estimate of drug-likeness (QED) is 0.638. The van der Waals surface area contributed by atoms with Crippen molar-refractivity contribution in [3.63, 3.8) is 0 Å². The number of carbonyl (C=O) groups is 1. The third-order valence-corrected chi connectivity index (χ3v) is 6.83. The molecule has 1 aromatic heterocycles. The van der Waals surface area contributed by atoms with E-state index in [0.29, 0.717) is 12.1 Å². The summed E-state index contributed by atoms with van der Waals surface area (Å²) >= 11 is 1.48. The molecule has 0 aliphatic rings. The van der Waals surface area contributed by atoms with Crippen LogP contribution in [-0.4, -0.2) is 26.4 Å². The zero-order valence-corrected chi connectivity index (χ0v) is 16.8. The van der Waals surface area contributed by atoms with Gasteiger partial charge in [0.1, 0.15) is 0 Å². The van der Waals surface area contributed by atoms with Gasteiger partial charge in [-0.05, 0) is 48.6 Å². The van der Waals surface area contributed by atoms with E-state index in [1.165, 1.54) is 35.6 Å². The molecule has 0 bridgehead atoms. The molecule has 0 aliphatic heterocycles. The van der Waals surface area contributed by atoms with Crippen LogP contribution in [0, 0.1) is 5.92 Å². The van der Waals surface area contributed by atoms with Crippen LogP contribution in [0.15, 0.2) is 46.7 Å². The molecular weight excluding hydrogens is 370 g/mol. The minimum atomic E-state index is -3.63. The monoisotopic (exact) mass is 395 g/mol. The molecule has 1 heterocycles. The van der Waals surface area contributed by atoms with Gasteiger partial charge >= 0.3 is 0 Å². The van der Waals surface area contributed by atoms with Crippen molar-refractivity contribution < 1.29 is 13.2 Å². The fourth-order valence-electron chi connectivity index (χ4n) is 2.21. The molecule has 1 atom stereocenters. The molecule has 0 fully saturated rings. The predicted molar refractivity (Wildman–Crippen MR) is 105 cm³/mol. The predicted octanol–water partition coefficient (Wildman–Crippen LogP) is 2.33. The van der Waals surface area contributed by atoms with E-state index in [1.54, 1.807) is 0 Å². The highest BCUT2D eigenvalue weighted by Crippen LogP contribution is 2.17. The van der Waals surface area contributed by atoms with Crippen molar-refractivity contribution in [2.75, 3.05) is 6.54 Å². The fourth-order valence-corrected chi connectivity index (χ4v) is 3.95. The van der Waals surface area contributed by atoms with Crippen molar-refractivity contribution in [1.82, 2.24) is 10.0 Å². The maximum Gasteiger partial charge on any atom is 0.251 e. The van der Waals surface area contributed by atoms with E-state index in [-0.39, 0.29) is 23.3 Å². The molecule has 1 aromatic carbocycles. The molecular formula is C18H25N3O3S2. The molecule has 0 aliphatic carbocycles. The number of sulfonamides is 1. The summed E-state index contributed by atoms with van der Waals surface area (Å²) < 4.78 is 27.3. The van der Waals surface area contributed by atoms with Gasteiger partial charge in [0.15, 0.2) is 0 Å². The minimum Gasteiger partial charge on any atom is -0.345 e. The van der Waals surface area contributed by atoms with Gasteiger partial charge in [-0.1, -0.05) is 19.9 Å². The second kappa shape index (κ2) is 8.30. The summed E-state index contributed by atoms with van der Waals surface area (Å²) in [5.74, 6) is -0.111. The number of benzene rings is 1. The first-order valence-electron chi connectivity index (χ1n) is 8.32. The number of hydrogen-bond acceptors (Lipinski definition) is 5. The van der Waals surface area contributed by atoms with E-state index in [2.05, 4.69) is 10.0 Å². The molecule has 26 heavy (non-hydrogen) atoms. The SMILES string of the molecule is CC(C)C(C)(CN)NC(=O)c1ccc(S(=O)(=O)NCc2cccs2)cc1.